The zero-order valence-corrected chi connectivity index (χ0v) is 19.0. The number of anilines is 2. The van der Waals surface area contributed by atoms with Crippen LogP contribution >= 0.6 is 11.6 Å². The van der Waals surface area contributed by atoms with Gasteiger partial charge in [0.2, 0.25) is 0 Å². The van der Waals surface area contributed by atoms with Crippen molar-refractivity contribution in [2.45, 2.75) is 50.6 Å². The molecule has 8 heteroatoms. The monoisotopic (exact) mass is 453 g/mol. The highest BCUT2D eigenvalue weighted by molar-refractivity contribution is 6.30. The predicted molar refractivity (Wildman–Crippen MR) is 123 cm³/mol. The van der Waals surface area contributed by atoms with Crippen LogP contribution in [0.1, 0.15) is 54.9 Å². The quantitative estimate of drug-likeness (QED) is 0.612. The van der Waals surface area contributed by atoms with Crippen molar-refractivity contribution in [2.75, 3.05) is 25.0 Å². The molecule has 1 aromatic carbocycles. The fraction of sp³-hybridized carbons (Fsp3) is 0.542. The molecule has 3 atom stereocenters. The van der Waals surface area contributed by atoms with Gasteiger partial charge in [-0.3, -0.25) is 9.48 Å². The van der Waals surface area contributed by atoms with Crippen LogP contribution in [0.15, 0.2) is 30.5 Å². The number of quaternary nitrogens is 1. The lowest BCUT2D eigenvalue weighted by Gasteiger charge is -2.53. The van der Waals surface area contributed by atoms with E-state index in [-0.39, 0.29) is 12.0 Å². The molecule has 0 unspecified atom stereocenters. The number of hydrogen-bond acceptors (Lipinski definition) is 4. The second-order valence-corrected chi connectivity index (χ2v) is 10.2. The number of benzene rings is 1. The number of nitrogens with two attached hydrogens (primary N) is 1. The Morgan fingerprint density at radius 1 is 1.25 bits per heavy atom. The molecule has 2 saturated carbocycles. The Morgan fingerprint density at radius 2 is 2.00 bits per heavy atom. The highest BCUT2D eigenvalue weighted by Crippen LogP contribution is 2.44. The topological polar surface area (TPSA) is 96.7 Å². The number of nitrogens with one attached hydrogen (secondary N) is 1. The molecule has 1 amide bonds. The highest BCUT2D eigenvalue weighted by Gasteiger charge is 2.49. The van der Waals surface area contributed by atoms with E-state index in [0.717, 1.165) is 30.9 Å². The second kappa shape index (κ2) is 8.42. The van der Waals surface area contributed by atoms with Gasteiger partial charge >= 0.3 is 0 Å². The molecule has 3 aliphatic rings. The Morgan fingerprint density at radius 3 is 2.59 bits per heavy atom. The van der Waals surface area contributed by atoms with Crippen molar-refractivity contribution in [3.05, 3.63) is 41.0 Å². The highest BCUT2D eigenvalue weighted by atomic mass is 35.5. The van der Waals surface area contributed by atoms with Crippen molar-refractivity contribution in [2.24, 2.45) is 17.6 Å². The maximum absolute atomic E-state index is 12.1. The predicted octanol–water partition coefficient (Wildman–Crippen LogP) is 4.24. The van der Waals surface area contributed by atoms with E-state index in [2.05, 4.69) is 16.5 Å². The lowest BCUT2D eigenvalue weighted by molar-refractivity contribution is -0.988. The van der Waals surface area contributed by atoms with E-state index in [1.807, 2.05) is 12.1 Å². The molecular weight excluding hydrogens is 424 g/mol. The summed E-state index contributed by atoms with van der Waals surface area (Å²) in [5.74, 6) is 0.662. The summed E-state index contributed by atoms with van der Waals surface area (Å²) in [4.78, 5) is 12.1. The zero-order chi connectivity index (χ0) is 22.3. The van der Waals surface area contributed by atoms with E-state index in [1.54, 1.807) is 23.0 Å². The van der Waals surface area contributed by atoms with Gasteiger partial charge in [-0.1, -0.05) is 11.6 Å². The minimum Gasteiger partial charge on any atom is -0.365 e. The summed E-state index contributed by atoms with van der Waals surface area (Å²) in [6, 6.07) is 10.3. The molecule has 168 valence electrons. The number of carbonyl (C=O) groups excluding carboxylic acids is 1. The third-order valence-electron chi connectivity index (χ3n) is 7.70. The van der Waals surface area contributed by atoms with Crippen LogP contribution in [0.25, 0.3) is 0 Å². The average molecular weight is 454 g/mol. The molecule has 2 aromatic rings. The van der Waals surface area contributed by atoms with E-state index < -0.39 is 5.91 Å². The Labute approximate surface area is 193 Å². The van der Waals surface area contributed by atoms with Gasteiger partial charge in [0.05, 0.1) is 43.7 Å². The van der Waals surface area contributed by atoms with Crippen LogP contribution in [0, 0.1) is 23.2 Å². The third-order valence-corrected chi connectivity index (χ3v) is 7.95. The summed E-state index contributed by atoms with van der Waals surface area (Å²) in [6.45, 7) is 3.84. The van der Waals surface area contributed by atoms with Gasteiger partial charge in [0, 0.05) is 42.1 Å². The first-order valence-electron chi connectivity index (χ1n) is 11.6. The maximum atomic E-state index is 12.1. The molecular formula is C24H30ClN6O+. The van der Waals surface area contributed by atoms with E-state index in [0.29, 0.717) is 22.4 Å². The van der Waals surface area contributed by atoms with Crippen molar-refractivity contribution in [1.82, 2.24) is 9.78 Å². The van der Waals surface area contributed by atoms with Crippen molar-refractivity contribution >= 4 is 29.0 Å². The second-order valence-electron chi connectivity index (χ2n) is 9.78. The van der Waals surface area contributed by atoms with Gasteiger partial charge in [-0.05, 0) is 43.5 Å². The minimum absolute atomic E-state index is 0.0441. The van der Waals surface area contributed by atoms with Crippen LogP contribution in [0.3, 0.4) is 0 Å². The Kier molecular flexibility index (Phi) is 5.60. The van der Waals surface area contributed by atoms with Gasteiger partial charge in [0.15, 0.2) is 5.82 Å². The zero-order valence-electron chi connectivity index (χ0n) is 18.2. The molecule has 2 aliphatic carbocycles. The molecule has 0 bridgehead atoms. The van der Waals surface area contributed by atoms with Crippen molar-refractivity contribution in [3.63, 3.8) is 0 Å². The van der Waals surface area contributed by atoms with Gasteiger partial charge < -0.3 is 15.5 Å². The normalized spacial score (nSPS) is 26.7. The molecule has 0 radical (unpaired) electrons. The SMILES string of the molecule is N#C[C@H]1C[C@@H]([N+]2(CC3CC3)CCC2)CC[C@@H]1n1cc(C(N)=O)c(Nc2ccc(Cl)cc2)n1. The molecule has 3 N–H and O–H groups in total. The number of halogens is 1. The standard InChI is InChI=1S/C24H29ClN6O/c25-18-4-6-19(7-5-18)28-24-21(23(27)32)14-30(29-24)22-9-8-20(12-17(22)13-26)31(10-1-11-31)15-16-2-3-16/h4-7,14,16-17,20,22H,1-3,8-12,15H2,(H2-,27,28,29,32)/p+1/t17-,20+,22+/m1/s1. The smallest absolute Gasteiger partial charge is 0.254 e. The van der Waals surface area contributed by atoms with E-state index in [9.17, 15) is 10.1 Å². The largest absolute Gasteiger partial charge is 0.365 e. The van der Waals surface area contributed by atoms with Crippen LogP contribution in [-0.4, -0.2) is 45.8 Å². The van der Waals surface area contributed by atoms with Crippen molar-refractivity contribution < 1.29 is 9.28 Å². The first-order valence-corrected chi connectivity index (χ1v) is 12.0. The average Bonchev–Trinajstić information content (AvgIpc) is 3.48. The van der Waals surface area contributed by atoms with Crippen LogP contribution in [-0.2, 0) is 0 Å². The van der Waals surface area contributed by atoms with Gasteiger partial charge in [-0.25, -0.2) is 0 Å². The summed E-state index contributed by atoms with van der Waals surface area (Å²) >= 11 is 5.97. The molecule has 2 heterocycles. The molecule has 7 nitrogen and oxygen atoms in total. The van der Waals surface area contributed by atoms with Crippen LogP contribution in [0.2, 0.25) is 5.02 Å². The van der Waals surface area contributed by atoms with Gasteiger partial charge in [-0.15, -0.1) is 0 Å². The number of primary amides is 1. The van der Waals surface area contributed by atoms with Gasteiger partial charge in [0.25, 0.3) is 5.91 Å². The number of rotatable bonds is 7. The molecule has 3 fully saturated rings. The molecule has 32 heavy (non-hydrogen) atoms. The van der Waals surface area contributed by atoms with Crippen LogP contribution < -0.4 is 11.1 Å². The lowest BCUT2D eigenvalue weighted by atomic mass is 9.79. The molecule has 1 aliphatic heterocycles. The number of amides is 1. The fourth-order valence-electron chi connectivity index (χ4n) is 5.67. The summed E-state index contributed by atoms with van der Waals surface area (Å²) in [7, 11) is 0. The van der Waals surface area contributed by atoms with E-state index >= 15 is 0 Å². The summed E-state index contributed by atoms with van der Waals surface area (Å²) in [5, 5.41) is 18.5. The molecule has 5 rings (SSSR count). The van der Waals surface area contributed by atoms with Crippen molar-refractivity contribution in [3.8, 4) is 6.07 Å². The summed E-state index contributed by atoms with van der Waals surface area (Å²) in [6.07, 6.45) is 8.67. The number of aromatic nitrogens is 2. The number of nitrogens with zero attached hydrogens (tertiary/aromatic N) is 4. The lowest BCUT2D eigenvalue weighted by Crippen LogP contribution is -2.65. The van der Waals surface area contributed by atoms with Crippen molar-refractivity contribution in [1.29, 1.82) is 5.26 Å². The number of hydrogen-bond donors (Lipinski definition) is 2. The summed E-state index contributed by atoms with van der Waals surface area (Å²) < 4.78 is 3.02. The van der Waals surface area contributed by atoms with Crippen LogP contribution in [0.5, 0.6) is 0 Å². The number of nitriles is 1. The van der Waals surface area contributed by atoms with E-state index in [4.69, 9.17) is 17.3 Å². The Hall–Kier alpha value is -2.56. The minimum atomic E-state index is -0.538. The fourth-order valence-corrected chi connectivity index (χ4v) is 5.79. The molecule has 1 saturated heterocycles. The van der Waals surface area contributed by atoms with E-state index in [1.165, 1.54) is 43.4 Å². The Bertz CT molecular complexity index is 1030. The molecule has 1 aromatic heterocycles. The van der Waals surface area contributed by atoms with Crippen LogP contribution in [0.4, 0.5) is 11.5 Å². The molecule has 0 spiro atoms. The number of carbonyl (C=O) groups is 1. The first kappa shape index (κ1) is 21.3. The Balaban J connectivity index is 1.35. The summed E-state index contributed by atoms with van der Waals surface area (Å²) in [5.41, 5.74) is 6.74. The first-order chi connectivity index (χ1) is 15.5. The maximum Gasteiger partial charge on any atom is 0.254 e. The number of likely N-dealkylation sites (tertiary alicyclic amines) is 1. The van der Waals surface area contributed by atoms with Gasteiger partial charge in [0.1, 0.15) is 5.56 Å². The van der Waals surface area contributed by atoms with Gasteiger partial charge in [-0.2, -0.15) is 10.4 Å². The third kappa shape index (κ3) is 4.10.